The summed E-state index contributed by atoms with van der Waals surface area (Å²) in [7, 11) is 0. The first-order valence-corrected chi connectivity index (χ1v) is 7.22. The Morgan fingerprint density at radius 2 is 1.91 bits per heavy atom. The Kier molecular flexibility index (Phi) is 2.87. The van der Waals surface area contributed by atoms with Gasteiger partial charge in [-0.3, -0.25) is 9.55 Å². The molecule has 0 saturated carbocycles. The van der Waals surface area contributed by atoms with Crippen LogP contribution in [0.2, 0.25) is 0 Å². The molecule has 0 unspecified atom stereocenters. The van der Waals surface area contributed by atoms with E-state index in [0.29, 0.717) is 22.0 Å². The van der Waals surface area contributed by atoms with Crippen LogP contribution in [0.15, 0.2) is 59.9 Å². The lowest BCUT2D eigenvalue weighted by Gasteiger charge is -2.09. The first kappa shape index (κ1) is 13.5. The fraction of sp³-hybridized carbons (Fsp3) is 0.0556. The molecule has 2 aromatic heterocycles. The number of nitroso groups, excluding NO2 is 1. The second-order valence-electron chi connectivity index (χ2n) is 5.48. The van der Waals surface area contributed by atoms with Crippen molar-refractivity contribution in [1.29, 1.82) is 0 Å². The van der Waals surface area contributed by atoms with E-state index in [9.17, 15) is 10.0 Å². The maximum absolute atomic E-state index is 11.5. The molecule has 2 aromatic carbocycles. The number of hydrogen-bond donors (Lipinski definition) is 1. The van der Waals surface area contributed by atoms with Gasteiger partial charge in [0.15, 0.2) is 5.82 Å². The molecule has 4 rings (SSSR count). The Bertz CT molecular complexity index is 1060. The fourth-order valence-electron chi connectivity index (χ4n) is 2.97. The Hall–Kier alpha value is -3.21. The summed E-state index contributed by atoms with van der Waals surface area (Å²) >= 11 is 0. The molecule has 0 amide bonds. The fourth-order valence-corrected chi connectivity index (χ4v) is 2.97. The van der Waals surface area contributed by atoms with Crippen LogP contribution in [-0.2, 0) is 0 Å². The lowest BCUT2D eigenvalue weighted by molar-refractivity contribution is 0.449. The van der Waals surface area contributed by atoms with Crippen molar-refractivity contribution < 1.29 is 5.11 Å². The smallest absolute Gasteiger partial charge is 0.205 e. The Morgan fingerprint density at radius 1 is 1.09 bits per heavy atom. The van der Waals surface area contributed by atoms with Crippen molar-refractivity contribution in [3.63, 3.8) is 0 Å². The normalized spacial score (nSPS) is 11.2. The summed E-state index contributed by atoms with van der Waals surface area (Å²) in [5.41, 5.74) is 2.33. The lowest BCUT2D eigenvalue weighted by atomic mass is 10.1. The van der Waals surface area contributed by atoms with Crippen molar-refractivity contribution in [3.05, 3.63) is 65.2 Å². The Balaban J connectivity index is 2.16. The molecule has 0 atom stereocenters. The van der Waals surface area contributed by atoms with E-state index >= 15 is 0 Å². The molecule has 0 radical (unpaired) electrons. The van der Waals surface area contributed by atoms with Gasteiger partial charge in [0, 0.05) is 22.4 Å². The minimum atomic E-state index is -0.00671. The number of aryl methyl sites for hydroxylation is 1. The highest BCUT2D eigenvalue weighted by atomic mass is 16.3. The van der Waals surface area contributed by atoms with Gasteiger partial charge in [0.2, 0.25) is 5.88 Å². The largest absolute Gasteiger partial charge is 0.494 e. The van der Waals surface area contributed by atoms with E-state index in [4.69, 9.17) is 0 Å². The van der Waals surface area contributed by atoms with E-state index in [2.05, 4.69) is 10.2 Å². The Labute approximate surface area is 131 Å². The molecular weight excluding hydrogens is 290 g/mol. The average molecular weight is 303 g/mol. The third-order valence-corrected chi connectivity index (χ3v) is 4.02. The first-order valence-electron chi connectivity index (χ1n) is 7.22. The van der Waals surface area contributed by atoms with E-state index in [1.165, 1.54) is 4.57 Å². The number of nitrogens with zero attached hydrogens (tertiary/aromatic N) is 3. The number of rotatable bonds is 2. The summed E-state index contributed by atoms with van der Waals surface area (Å²) in [6, 6.07) is 14.9. The van der Waals surface area contributed by atoms with E-state index < -0.39 is 0 Å². The van der Waals surface area contributed by atoms with Crippen LogP contribution >= 0.6 is 0 Å². The topological polar surface area (TPSA) is 67.5 Å². The SMILES string of the molecule is Cc1ccc2c(O)n(-c3cccc4cccnc34)c(N=O)c2c1. The second-order valence-corrected chi connectivity index (χ2v) is 5.48. The molecule has 0 aliphatic heterocycles. The third-order valence-electron chi connectivity index (χ3n) is 4.02. The molecule has 2 heterocycles. The zero-order valence-electron chi connectivity index (χ0n) is 12.4. The number of pyridine rings is 1. The van der Waals surface area contributed by atoms with Crippen molar-refractivity contribution >= 4 is 27.5 Å². The van der Waals surface area contributed by atoms with Crippen molar-refractivity contribution in [2.24, 2.45) is 5.18 Å². The van der Waals surface area contributed by atoms with Crippen LogP contribution in [0, 0.1) is 11.8 Å². The van der Waals surface area contributed by atoms with Crippen LogP contribution in [0.3, 0.4) is 0 Å². The quantitative estimate of drug-likeness (QED) is 0.551. The lowest BCUT2D eigenvalue weighted by Crippen LogP contribution is -1.95. The first-order chi connectivity index (χ1) is 11.2. The number of aromatic hydroxyl groups is 1. The van der Waals surface area contributed by atoms with Crippen molar-refractivity contribution in [1.82, 2.24) is 9.55 Å². The number of hydrogen-bond acceptors (Lipinski definition) is 4. The van der Waals surface area contributed by atoms with Gasteiger partial charge >= 0.3 is 0 Å². The van der Waals surface area contributed by atoms with Gasteiger partial charge in [-0.15, -0.1) is 4.91 Å². The van der Waals surface area contributed by atoms with Crippen LogP contribution in [0.1, 0.15) is 5.56 Å². The van der Waals surface area contributed by atoms with E-state index in [1.54, 1.807) is 12.3 Å². The number of para-hydroxylation sites is 1. The van der Waals surface area contributed by atoms with Crippen LogP contribution in [-0.4, -0.2) is 14.7 Å². The second kappa shape index (κ2) is 4.91. The molecule has 5 nitrogen and oxygen atoms in total. The number of benzene rings is 2. The van der Waals surface area contributed by atoms with Gasteiger partial charge < -0.3 is 5.11 Å². The van der Waals surface area contributed by atoms with Crippen LogP contribution < -0.4 is 0 Å². The molecule has 0 aliphatic carbocycles. The van der Waals surface area contributed by atoms with E-state index in [0.717, 1.165) is 10.9 Å². The molecule has 0 fully saturated rings. The molecule has 5 heteroatoms. The zero-order chi connectivity index (χ0) is 16.0. The molecule has 112 valence electrons. The Morgan fingerprint density at radius 3 is 2.74 bits per heavy atom. The minimum Gasteiger partial charge on any atom is -0.494 e. The summed E-state index contributed by atoms with van der Waals surface area (Å²) in [5.74, 6) is 0.173. The van der Waals surface area contributed by atoms with E-state index in [1.807, 2.05) is 49.4 Å². The summed E-state index contributed by atoms with van der Waals surface area (Å²) in [5, 5.41) is 16.0. The van der Waals surface area contributed by atoms with Gasteiger partial charge in [-0.1, -0.05) is 29.8 Å². The third kappa shape index (κ3) is 1.90. The highest BCUT2D eigenvalue weighted by Crippen LogP contribution is 2.41. The molecule has 4 aromatic rings. The summed E-state index contributed by atoms with van der Waals surface area (Å²) in [6.07, 6.45) is 1.68. The van der Waals surface area contributed by atoms with Gasteiger partial charge in [0.25, 0.3) is 0 Å². The zero-order valence-corrected chi connectivity index (χ0v) is 12.4. The van der Waals surface area contributed by atoms with Gasteiger partial charge in [-0.25, -0.2) is 0 Å². The van der Waals surface area contributed by atoms with Gasteiger partial charge in [-0.2, -0.15) is 0 Å². The van der Waals surface area contributed by atoms with Gasteiger partial charge in [0.05, 0.1) is 11.2 Å². The highest BCUT2D eigenvalue weighted by Gasteiger charge is 2.20. The van der Waals surface area contributed by atoms with Crippen LogP contribution in [0.4, 0.5) is 5.82 Å². The molecule has 0 spiro atoms. The van der Waals surface area contributed by atoms with Gasteiger partial charge in [0.1, 0.15) is 0 Å². The number of aromatic nitrogens is 2. The number of fused-ring (bicyclic) bond motifs is 2. The summed E-state index contributed by atoms with van der Waals surface area (Å²) in [6.45, 7) is 1.93. The van der Waals surface area contributed by atoms with Crippen LogP contribution in [0.5, 0.6) is 5.88 Å². The molecule has 0 aliphatic rings. The summed E-state index contributed by atoms with van der Waals surface area (Å²) in [4.78, 5) is 15.9. The molecule has 23 heavy (non-hydrogen) atoms. The standard InChI is InChI=1S/C18H13N3O2/c1-11-7-8-13-14(10-11)17(20-23)21(18(13)22)15-6-2-4-12-5-3-9-19-16(12)15/h2-10,22H,1H3. The maximum atomic E-state index is 11.5. The molecule has 0 saturated heterocycles. The highest BCUT2D eigenvalue weighted by molar-refractivity contribution is 6.00. The monoisotopic (exact) mass is 303 g/mol. The van der Waals surface area contributed by atoms with Crippen molar-refractivity contribution in [3.8, 4) is 11.6 Å². The van der Waals surface area contributed by atoms with Gasteiger partial charge in [-0.05, 0) is 36.4 Å². The van der Waals surface area contributed by atoms with Crippen molar-refractivity contribution in [2.45, 2.75) is 6.92 Å². The predicted octanol–water partition coefficient (Wildman–Crippen LogP) is 4.59. The van der Waals surface area contributed by atoms with Crippen LogP contribution in [0.25, 0.3) is 27.4 Å². The molecule has 0 bridgehead atoms. The predicted molar refractivity (Wildman–Crippen MR) is 90.4 cm³/mol. The minimum absolute atomic E-state index is 0.00671. The van der Waals surface area contributed by atoms with E-state index in [-0.39, 0.29) is 11.7 Å². The summed E-state index contributed by atoms with van der Waals surface area (Å²) < 4.78 is 1.46. The molecule has 1 N–H and O–H groups in total. The average Bonchev–Trinajstić information content (AvgIpc) is 2.85. The molecular formula is C18H13N3O2. The maximum Gasteiger partial charge on any atom is 0.205 e. The van der Waals surface area contributed by atoms with Crippen molar-refractivity contribution in [2.75, 3.05) is 0 Å².